The highest BCUT2D eigenvalue weighted by atomic mass is 28.3. The van der Waals surface area contributed by atoms with Crippen molar-refractivity contribution in [1.29, 1.82) is 0 Å². The van der Waals surface area contributed by atoms with Crippen molar-refractivity contribution < 1.29 is 0 Å². The minimum atomic E-state index is -1.88. The lowest BCUT2D eigenvalue weighted by Gasteiger charge is -2.41. The van der Waals surface area contributed by atoms with E-state index in [9.17, 15) is 0 Å². The minimum Gasteiger partial charge on any atom is -0.311 e. The van der Waals surface area contributed by atoms with Crippen LogP contribution in [0.5, 0.6) is 0 Å². The number of fused-ring (bicyclic) bond motifs is 4. The van der Waals surface area contributed by atoms with E-state index in [0.29, 0.717) is 35.5 Å². The van der Waals surface area contributed by atoms with Crippen molar-refractivity contribution in [2.24, 2.45) is 0 Å². The van der Waals surface area contributed by atoms with Gasteiger partial charge in [0, 0.05) is 17.1 Å². The van der Waals surface area contributed by atoms with Gasteiger partial charge in [0.2, 0.25) is 13.4 Å². The Kier molecular flexibility index (Phi) is 12.3. The smallest absolute Gasteiger partial charge is 0.240 e. The normalized spacial score (nSPS) is 14.2. The molecule has 0 spiro atoms. The molecule has 2 heterocycles. The summed E-state index contributed by atoms with van der Waals surface area (Å²) in [6.45, 7) is 33.9. The van der Waals surface area contributed by atoms with Crippen LogP contribution < -0.4 is 48.1 Å². The van der Waals surface area contributed by atoms with Gasteiger partial charge >= 0.3 is 0 Å². The van der Waals surface area contributed by atoms with Gasteiger partial charge in [0.05, 0.1) is 0 Å². The zero-order valence-corrected chi connectivity index (χ0v) is 43.3. The molecule has 2 aliphatic heterocycles. The predicted octanol–water partition coefficient (Wildman–Crippen LogP) is 12.0. The number of hydrogen-bond acceptors (Lipinski definition) is 1. The highest BCUT2D eigenvalue weighted by Gasteiger charge is 2.43. The van der Waals surface area contributed by atoms with Gasteiger partial charge in [-0.05, 0) is 115 Å². The Balaban J connectivity index is 1.29. The summed E-state index contributed by atoms with van der Waals surface area (Å²) in [7, 11) is -1.88. The van der Waals surface area contributed by atoms with Crippen molar-refractivity contribution in [2.75, 3.05) is 4.90 Å². The van der Waals surface area contributed by atoms with Gasteiger partial charge in [-0.3, -0.25) is 0 Å². The number of nitrogens with zero attached hydrogens (tertiary/aromatic N) is 1. The monoisotopic (exact) mass is 880 g/mol. The highest BCUT2D eigenvalue weighted by Crippen LogP contribution is 2.39. The lowest BCUT2D eigenvalue weighted by Crippen LogP contribution is -2.76. The third-order valence-corrected chi connectivity index (χ3v) is 18.9. The fourth-order valence-corrected chi connectivity index (χ4v) is 14.7. The first-order valence-corrected chi connectivity index (χ1v) is 28.2. The SMILES string of the molecule is CC(C)c1cc(C(C)C)c(B2c3ccccc3B(c3c(C(C)C)cc(C(C)C)cc3C(C)C)c3cc(-c4ccc(N5c6ccccc6[Si](C)(C)c6ccccc65)cc4)ccc32)c(C(C)C)c1. The van der Waals surface area contributed by atoms with Gasteiger partial charge in [-0.25, -0.2) is 0 Å². The summed E-state index contributed by atoms with van der Waals surface area (Å²) in [5.74, 6) is 2.45. The quantitative estimate of drug-likeness (QED) is 0.124. The van der Waals surface area contributed by atoms with E-state index in [0.717, 1.165) is 0 Å². The number of para-hydroxylation sites is 2. The Hall–Kier alpha value is -5.31. The Morgan fingerprint density at radius 3 is 1.14 bits per heavy atom. The predicted molar refractivity (Wildman–Crippen MR) is 296 cm³/mol. The van der Waals surface area contributed by atoms with E-state index >= 15 is 0 Å². The van der Waals surface area contributed by atoms with E-state index in [1.54, 1.807) is 0 Å². The maximum Gasteiger partial charge on any atom is 0.240 e. The van der Waals surface area contributed by atoms with E-state index in [-0.39, 0.29) is 13.4 Å². The molecule has 0 aromatic heterocycles. The van der Waals surface area contributed by atoms with Crippen molar-refractivity contribution in [3.8, 4) is 11.1 Å². The third kappa shape index (κ3) is 7.76. The molecule has 7 aromatic carbocycles. The van der Waals surface area contributed by atoms with Gasteiger partial charge in [0.25, 0.3) is 0 Å². The number of anilines is 3. The Morgan fingerprint density at radius 2 is 0.727 bits per heavy atom. The molecule has 9 rings (SSSR count). The maximum absolute atomic E-state index is 2.61. The molecule has 0 N–H and O–H groups in total. The van der Waals surface area contributed by atoms with Crippen molar-refractivity contribution in [3.63, 3.8) is 0 Å². The fourth-order valence-electron chi connectivity index (χ4n) is 11.7. The molecule has 66 heavy (non-hydrogen) atoms. The second-order valence-electron chi connectivity index (χ2n) is 22.0. The topological polar surface area (TPSA) is 3.24 Å². The van der Waals surface area contributed by atoms with Crippen LogP contribution in [-0.2, 0) is 0 Å². The van der Waals surface area contributed by atoms with Crippen molar-refractivity contribution >= 4 is 81.7 Å². The molecule has 0 atom stereocenters. The number of benzene rings is 7. The molecule has 0 amide bonds. The molecule has 2 aliphatic rings. The van der Waals surface area contributed by atoms with Crippen LogP contribution >= 0.6 is 0 Å². The van der Waals surface area contributed by atoms with Gasteiger partial charge in [-0.1, -0.05) is 244 Å². The van der Waals surface area contributed by atoms with Gasteiger partial charge in [0.15, 0.2) is 0 Å². The molecule has 0 saturated carbocycles. The van der Waals surface area contributed by atoms with Crippen LogP contribution in [0.3, 0.4) is 0 Å². The molecular weight excluding hydrogens is 808 g/mol. The molecule has 7 aromatic rings. The van der Waals surface area contributed by atoms with E-state index in [4.69, 9.17) is 0 Å². The summed E-state index contributed by atoms with van der Waals surface area (Å²) < 4.78 is 0. The fraction of sp³-hybridized carbons (Fsp3) is 0.323. The zero-order chi connectivity index (χ0) is 46.9. The zero-order valence-electron chi connectivity index (χ0n) is 42.3. The molecule has 0 aliphatic carbocycles. The van der Waals surface area contributed by atoms with Crippen LogP contribution in [0.15, 0.2) is 140 Å². The first-order chi connectivity index (χ1) is 31.5. The molecule has 0 fully saturated rings. The van der Waals surface area contributed by atoms with Crippen LogP contribution in [0.1, 0.15) is 152 Å². The molecule has 0 saturated heterocycles. The van der Waals surface area contributed by atoms with E-state index in [2.05, 4.69) is 241 Å². The summed E-state index contributed by atoms with van der Waals surface area (Å²) in [4.78, 5) is 2.50. The lowest BCUT2D eigenvalue weighted by atomic mass is 9.20. The second-order valence-corrected chi connectivity index (χ2v) is 26.4. The average Bonchev–Trinajstić information content (AvgIpc) is 3.30. The van der Waals surface area contributed by atoms with Crippen LogP contribution in [-0.4, -0.2) is 21.5 Å². The van der Waals surface area contributed by atoms with E-state index < -0.39 is 8.07 Å². The average molecular weight is 880 g/mol. The Morgan fingerprint density at radius 1 is 0.364 bits per heavy atom. The van der Waals surface area contributed by atoms with Crippen molar-refractivity contribution in [3.05, 3.63) is 173 Å². The molecule has 334 valence electrons. The van der Waals surface area contributed by atoms with Crippen LogP contribution in [0.4, 0.5) is 17.1 Å². The molecule has 0 radical (unpaired) electrons. The molecular formula is C62H71B2NSi. The van der Waals surface area contributed by atoms with E-state index in [1.165, 1.54) is 105 Å². The van der Waals surface area contributed by atoms with Crippen LogP contribution in [0.25, 0.3) is 11.1 Å². The van der Waals surface area contributed by atoms with Gasteiger partial charge in [0.1, 0.15) is 8.07 Å². The molecule has 0 bridgehead atoms. The number of rotatable bonds is 10. The summed E-state index contributed by atoms with van der Waals surface area (Å²) in [6, 6.07) is 55.0. The third-order valence-electron chi connectivity index (χ3n) is 15.4. The summed E-state index contributed by atoms with van der Waals surface area (Å²) in [6.07, 6.45) is 0. The summed E-state index contributed by atoms with van der Waals surface area (Å²) in [5.41, 5.74) is 24.1. The first-order valence-electron chi connectivity index (χ1n) is 25.2. The van der Waals surface area contributed by atoms with Gasteiger partial charge in [-0.15, -0.1) is 0 Å². The standard InChI is InChI=1S/C62H71B2NSi/c1-38(2)46-33-49(40(5)6)61(50(34-46)41(7)8)63-53-21-15-16-22-54(53)64(62-51(42(9)10)35-47(39(3)4)36-52(62)43(11)12)56-37-45(29-32-55(56)63)44-27-30-48(31-28-44)65-57-23-17-19-25-59(57)66(13,14)60-26-20-18-24-58(60)65/h15-43H,1-14H3. The molecule has 1 nitrogen and oxygen atoms in total. The minimum absolute atomic E-state index is 0.0940. The van der Waals surface area contributed by atoms with Crippen LogP contribution in [0.2, 0.25) is 13.1 Å². The van der Waals surface area contributed by atoms with Crippen molar-refractivity contribution in [1.82, 2.24) is 0 Å². The summed E-state index contributed by atoms with van der Waals surface area (Å²) >= 11 is 0. The lowest BCUT2D eigenvalue weighted by molar-refractivity contribution is 0.812. The second kappa shape index (κ2) is 17.7. The molecule has 4 heteroatoms. The Labute approximate surface area is 400 Å². The number of hydrogen-bond donors (Lipinski definition) is 0. The van der Waals surface area contributed by atoms with Gasteiger partial charge in [-0.2, -0.15) is 0 Å². The highest BCUT2D eigenvalue weighted by molar-refractivity contribution is 7.11. The largest absolute Gasteiger partial charge is 0.311 e. The van der Waals surface area contributed by atoms with Crippen LogP contribution in [0, 0.1) is 0 Å². The van der Waals surface area contributed by atoms with Gasteiger partial charge < -0.3 is 4.90 Å². The summed E-state index contributed by atoms with van der Waals surface area (Å²) in [5, 5.41) is 2.98. The first kappa shape index (κ1) is 45.8. The van der Waals surface area contributed by atoms with E-state index in [1.807, 2.05) is 0 Å². The Bertz CT molecular complexity index is 2830. The maximum atomic E-state index is 2.61. The molecule has 0 unspecified atom stereocenters. The van der Waals surface area contributed by atoms with Crippen molar-refractivity contribution in [2.45, 2.75) is 132 Å².